The van der Waals surface area contributed by atoms with E-state index >= 15 is 0 Å². The minimum absolute atomic E-state index is 0.144. The summed E-state index contributed by atoms with van der Waals surface area (Å²) in [6.07, 6.45) is 0. The van der Waals surface area contributed by atoms with E-state index < -0.39 is 0 Å². The van der Waals surface area contributed by atoms with Crippen LogP contribution in [-0.4, -0.2) is 20.1 Å². The lowest BCUT2D eigenvalue weighted by Crippen LogP contribution is -2.22. The molecule has 1 heterocycles. The number of nitrogens with one attached hydrogen (secondary N) is 1. The van der Waals surface area contributed by atoms with E-state index in [1.807, 2.05) is 18.4 Å². The smallest absolute Gasteiger partial charge is 0.251 e. The van der Waals surface area contributed by atoms with Crippen LogP contribution in [0.2, 0.25) is 0 Å². The van der Waals surface area contributed by atoms with E-state index in [1.165, 1.54) is 5.56 Å². The van der Waals surface area contributed by atoms with Crippen LogP contribution in [0.5, 0.6) is 11.5 Å². The molecule has 0 aliphatic carbocycles. The number of carbonyl (C=O) groups is 1. The van der Waals surface area contributed by atoms with Crippen LogP contribution in [-0.2, 0) is 6.54 Å². The van der Waals surface area contributed by atoms with Gasteiger partial charge < -0.3 is 14.8 Å². The molecule has 4 nitrogen and oxygen atoms in total. The lowest BCUT2D eigenvalue weighted by molar-refractivity contribution is 0.0950. The Balaban J connectivity index is 2.10. The van der Waals surface area contributed by atoms with Crippen molar-refractivity contribution in [2.75, 3.05) is 14.2 Å². The van der Waals surface area contributed by atoms with Gasteiger partial charge in [-0.05, 0) is 36.1 Å². The second kappa shape index (κ2) is 6.43. The number of rotatable bonds is 5. The molecular formula is C15H17NO3S. The topological polar surface area (TPSA) is 47.6 Å². The molecule has 2 aromatic rings. The lowest BCUT2D eigenvalue weighted by atomic mass is 10.2. The number of aryl methyl sites for hydroxylation is 1. The fourth-order valence-electron chi connectivity index (χ4n) is 1.79. The van der Waals surface area contributed by atoms with Crippen LogP contribution in [0.15, 0.2) is 29.6 Å². The van der Waals surface area contributed by atoms with E-state index in [9.17, 15) is 4.79 Å². The number of carbonyl (C=O) groups excluding carboxylic acids is 1. The molecule has 1 aromatic heterocycles. The monoisotopic (exact) mass is 291 g/mol. The highest BCUT2D eigenvalue weighted by Gasteiger charge is 2.10. The SMILES string of the molecule is COc1cc(OC)cc(C(=O)NCc2sccc2C)c1. The first-order valence-electron chi connectivity index (χ1n) is 6.18. The highest BCUT2D eigenvalue weighted by molar-refractivity contribution is 7.10. The average Bonchev–Trinajstić information content (AvgIpc) is 2.89. The summed E-state index contributed by atoms with van der Waals surface area (Å²) in [4.78, 5) is 13.3. The van der Waals surface area contributed by atoms with Crippen LogP contribution in [0, 0.1) is 6.92 Å². The maximum Gasteiger partial charge on any atom is 0.251 e. The Labute approximate surface area is 122 Å². The van der Waals surface area contributed by atoms with Gasteiger partial charge in [0, 0.05) is 16.5 Å². The van der Waals surface area contributed by atoms with Gasteiger partial charge in [0.1, 0.15) is 11.5 Å². The maximum atomic E-state index is 12.2. The summed E-state index contributed by atoms with van der Waals surface area (Å²) in [5.41, 5.74) is 1.72. The summed E-state index contributed by atoms with van der Waals surface area (Å²) in [5.74, 6) is 1.05. The standard InChI is InChI=1S/C15H17NO3S/c1-10-4-5-20-14(10)9-16-15(17)11-6-12(18-2)8-13(7-11)19-3/h4-8H,9H2,1-3H3,(H,16,17). The van der Waals surface area contributed by atoms with Crippen molar-refractivity contribution in [1.82, 2.24) is 5.32 Å². The molecule has 1 aromatic carbocycles. The van der Waals surface area contributed by atoms with Gasteiger partial charge in [-0.15, -0.1) is 11.3 Å². The van der Waals surface area contributed by atoms with Gasteiger partial charge in [-0.2, -0.15) is 0 Å². The Morgan fingerprint density at radius 3 is 2.35 bits per heavy atom. The van der Waals surface area contributed by atoms with E-state index in [1.54, 1.807) is 43.8 Å². The van der Waals surface area contributed by atoms with Gasteiger partial charge in [-0.3, -0.25) is 4.79 Å². The van der Waals surface area contributed by atoms with E-state index in [2.05, 4.69) is 5.32 Å². The van der Waals surface area contributed by atoms with Crippen molar-refractivity contribution in [2.45, 2.75) is 13.5 Å². The molecule has 0 aliphatic rings. The molecule has 0 radical (unpaired) electrons. The van der Waals surface area contributed by atoms with Crippen molar-refractivity contribution in [2.24, 2.45) is 0 Å². The molecule has 0 aliphatic heterocycles. The minimum Gasteiger partial charge on any atom is -0.497 e. The summed E-state index contributed by atoms with van der Waals surface area (Å²) in [6.45, 7) is 2.56. The number of benzene rings is 1. The van der Waals surface area contributed by atoms with Crippen LogP contribution < -0.4 is 14.8 Å². The van der Waals surface area contributed by atoms with Crippen LogP contribution in [0.25, 0.3) is 0 Å². The molecular weight excluding hydrogens is 274 g/mol. The van der Waals surface area contributed by atoms with E-state index in [4.69, 9.17) is 9.47 Å². The zero-order valence-corrected chi connectivity index (χ0v) is 12.5. The summed E-state index contributed by atoms with van der Waals surface area (Å²) in [5, 5.41) is 4.92. The van der Waals surface area contributed by atoms with Crippen molar-refractivity contribution in [1.29, 1.82) is 0 Å². The third-order valence-corrected chi connectivity index (χ3v) is 4.01. The Hall–Kier alpha value is -2.01. The van der Waals surface area contributed by atoms with Crippen molar-refractivity contribution in [3.8, 4) is 11.5 Å². The number of methoxy groups -OCH3 is 2. The van der Waals surface area contributed by atoms with Gasteiger partial charge in [0.25, 0.3) is 5.91 Å². The van der Waals surface area contributed by atoms with Crippen LogP contribution in [0.3, 0.4) is 0 Å². The molecule has 0 atom stereocenters. The molecule has 5 heteroatoms. The van der Waals surface area contributed by atoms with E-state index in [0.717, 1.165) is 4.88 Å². The lowest BCUT2D eigenvalue weighted by Gasteiger charge is -2.09. The van der Waals surface area contributed by atoms with Gasteiger partial charge in [0.15, 0.2) is 0 Å². The molecule has 1 amide bonds. The zero-order chi connectivity index (χ0) is 14.5. The Kier molecular flexibility index (Phi) is 4.63. The van der Waals surface area contributed by atoms with Gasteiger partial charge >= 0.3 is 0 Å². The number of ether oxygens (including phenoxy) is 2. The van der Waals surface area contributed by atoms with Gasteiger partial charge in [0.2, 0.25) is 0 Å². The first kappa shape index (κ1) is 14.4. The van der Waals surface area contributed by atoms with Crippen molar-refractivity contribution >= 4 is 17.2 Å². The first-order chi connectivity index (χ1) is 9.63. The molecule has 0 bridgehead atoms. The molecule has 0 spiro atoms. The highest BCUT2D eigenvalue weighted by atomic mass is 32.1. The molecule has 0 unspecified atom stereocenters. The quantitative estimate of drug-likeness (QED) is 0.921. The highest BCUT2D eigenvalue weighted by Crippen LogP contribution is 2.22. The van der Waals surface area contributed by atoms with Crippen molar-refractivity contribution in [3.63, 3.8) is 0 Å². The average molecular weight is 291 g/mol. The fourth-order valence-corrected chi connectivity index (χ4v) is 2.63. The molecule has 20 heavy (non-hydrogen) atoms. The Morgan fingerprint density at radius 1 is 1.20 bits per heavy atom. The second-order valence-electron chi connectivity index (χ2n) is 4.31. The number of amides is 1. The summed E-state index contributed by atoms with van der Waals surface area (Å²) in [6, 6.07) is 7.17. The molecule has 0 saturated carbocycles. The van der Waals surface area contributed by atoms with Crippen LogP contribution >= 0.6 is 11.3 Å². The zero-order valence-electron chi connectivity index (χ0n) is 11.7. The maximum absolute atomic E-state index is 12.2. The Morgan fingerprint density at radius 2 is 1.85 bits per heavy atom. The van der Waals surface area contributed by atoms with E-state index in [0.29, 0.717) is 23.6 Å². The van der Waals surface area contributed by atoms with Crippen LogP contribution in [0.1, 0.15) is 20.8 Å². The predicted molar refractivity (Wildman–Crippen MR) is 79.8 cm³/mol. The first-order valence-corrected chi connectivity index (χ1v) is 7.06. The normalized spacial score (nSPS) is 10.2. The third kappa shape index (κ3) is 3.30. The second-order valence-corrected chi connectivity index (χ2v) is 5.31. The minimum atomic E-state index is -0.144. The molecule has 1 N–H and O–H groups in total. The van der Waals surface area contributed by atoms with Gasteiger partial charge in [-0.25, -0.2) is 0 Å². The third-order valence-electron chi connectivity index (χ3n) is 2.99. The van der Waals surface area contributed by atoms with Gasteiger partial charge in [0.05, 0.1) is 20.8 Å². The largest absolute Gasteiger partial charge is 0.497 e. The summed E-state index contributed by atoms with van der Waals surface area (Å²) >= 11 is 1.64. The fraction of sp³-hybridized carbons (Fsp3) is 0.267. The molecule has 0 saturated heterocycles. The summed E-state index contributed by atoms with van der Waals surface area (Å²) in [7, 11) is 3.12. The molecule has 106 valence electrons. The van der Waals surface area contributed by atoms with Crippen LogP contribution in [0.4, 0.5) is 0 Å². The summed E-state index contributed by atoms with van der Waals surface area (Å²) < 4.78 is 10.3. The van der Waals surface area contributed by atoms with Gasteiger partial charge in [-0.1, -0.05) is 0 Å². The van der Waals surface area contributed by atoms with E-state index in [-0.39, 0.29) is 5.91 Å². The number of thiophene rings is 1. The van der Waals surface area contributed by atoms with Crippen molar-refractivity contribution in [3.05, 3.63) is 45.6 Å². The molecule has 2 rings (SSSR count). The van der Waals surface area contributed by atoms with Crippen molar-refractivity contribution < 1.29 is 14.3 Å². The molecule has 0 fully saturated rings. The number of hydrogen-bond acceptors (Lipinski definition) is 4. The predicted octanol–water partition coefficient (Wildman–Crippen LogP) is 3.00. The number of hydrogen-bond donors (Lipinski definition) is 1. The Bertz CT molecular complexity index is 585.